The van der Waals surface area contributed by atoms with E-state index >= 15 is 0 Å². The van der Waals surface area contributed by atoms with Gasteiger partial charge in [-0.1, -0.05) is 49.4 Å². The maximum absolute atomic E-state index is 2.41. The third kappa shape index (κ3) is 2.40. The molecule has 0 heterocycles. The summed E-state index contributed by atoms with van der Waals surface area (Å²) in [6.07, 6.45) is 1.10. The zero-order valence-electron chi connectivity index (χ0n) is 8.70. The first-order valence-electron chi connectivity index (χ1n) is 5.15. The molecule has 1 heteroatoms. The minimum atomic E-state index is 1.10. The van der Waals surface area contributed by atoms with Gasteiger partial charge >= 0.3 is 0 Å². The van der Waals surface area contributed by atoms with Gasteiger partial charge < -0.3 is 0 Å². The van der Waals surface area contributed by atoms with Gasteiger partial charge in [0.1, 0.15) is 0 Å². The fraction of sp³-hybridized carbons (Fsp3) is 0.143. The predicted octanol–water partition coefficient (Wildman–Crippen LogP) is 4.52. The van der Waals surface area contributed by atoms with E-state index in [1.165, 1.54) is 20.3 Å². The SMILES string of the molecule is CCc1ccc(-c2ccccc2)c(I)c1. The van der Waals surface area contributed by atoms with Crippen LogP contribution in [-0.2, 0) is 6.42 Å². The Bertz CT molecular complexity index is 446. The van der Waals surface area contributed by atoms with Crippen LogP contribution in [0.5, 0.6) is 0 Å². The van der Waals surface area contributed by atoms with E-state index in [-0.39, 0.29) is 0 Å². The van der Waals surface area contributed by atoms with Crippen molar-refractivity contribution in [3.05, 3.63) is 57.7 Å². The zero-order chi connectivity index (χ0) is 10.7. The Balaban J connectivity index is 2.46. The molecule has 0 unspecified atom stereocenters. The van der Waals surface area contributed by atoms with Crippen molar-refractivity contribution < 1.29 is 0 Å². The molecule has 2 rings (SSSR count). The summed E-state index contributed by atoms with van der Waals surface area (Å²) < 4.78 is 1.33. The van der Waals surface area contributed by atoms with E-state index in [0.29, 0.717) is 0 Å². The van der Waals surface area contributed by atoms with Crippen molar-refractivity contribution in [3.8, 4) is 11.1 Å². The normalized spacial score (nSPS) is 10.3. The topological polar surface area (TPSA) is 0 Å². The summed E-state index contributed by atoms with van der Waals surface area (Å²) in [5.74, 6) is 0. The van der Waals surface area contributed by atoms with Crippen molar-refractivity contribution in [2.75, 3.05) is 0 Å². The van der Waals surface area contributed by atoms with Crippen LogP contribution in [0.25, 0.3) is 11.1 Å². The Morgan fingerprint density at radius 1 is 1.00 bits per heavy atom. The van der Waals surface area contributed by atoms with Crippen LogP contribution in [0, 0.1) is 3.57 Å². The van der Waals surface area contributed by atoms with Crippen molar-refractivity contribution in [1.29, 1.82) is 0 Å². The molecular formula is C14H13I. The maximum atomic E-state index is 2.41. The van der Waals surface area contributed by atoms with Crippen LogP contribution in [0.2, 0.25) is 0 Å². The Labute approximate surface area is 104 Å². The summed E-state index contributed by atoms with van der Waals surface area (Å²) in [5, 5.41) is 0. The van der Waals surface area contributed by atoms with E-state index in [1.807, 2.05) is 0 Å². The lowest BCUT2D eigenvalue weighted by Gasteiger charge is -2.06. The minimum absolute atomic E-state index is 1.10. The molecule has 0 saturated carbocycles. The fourth-order valence-corrected chi connectivity index (χ4v) is 2.52. The van der Waals surface area contributed by atoms with Crippen molar-refractivity contribution in [2.24, 2.45) is 0 Å². The summed E-state index contributed by atoms with van der Waals surface area (Å²) >= 11 is 2.41. The second kappa shape index (κ2) is 4.79. The van der Waals surface area contributed by atoms with Crippen LogP contribution in [0.3, 0.4) is 0 Å². The quantitative estimate of drug-likeness (QED) is 0.716. The average Bonchev–Trinajstić information content (AvgIpc) is 2.30. The first-order chi connectivity index (χ1) is 7.31. The molecule has 0 nitrogen and oxygen atoms in total. The highest BCUT2D eigenvalue weighted by Gasteiger charge is 2.02. The summed E-state index contributed by atoms with van der Waals surface area (Å²) in [6.45, 7) is 2.19. The third-order valence-corrected chi connectivity index (χ3v) is 3.42. The van der Waals surface area contributed by atoms with Crippen molar-refractivity contribution in [3.63, 3.8) is 0 Å². The summed E-state index contributed by atoms with van der Waals surface area (Å²) in [4.78, 5) is 0. The maximum Gasteiger partial charge on any atom is 0.0211 e. The van der Waals surface area contributed by atoms with Gasteiger partial charge in [0.2, 0.25) is 0 Å². The minimum Gasteiger partial charge on any atom is -0.0622 e. The van der Waals surface area contributed by atoms with Gasteiger partial charge in [-0.2, -0.15) is 0 Å². The zero-order valence-corrected chi connectivity index (χ0v) is 10.9. The smallest absolute Gasteiger partial charge is 0.0211 e. The first-order valence-corrected chi connectivity index (χ1v) is 6.23. The van der Waals surface area contributed by atoms with Gasteiger partial charge in [0, 0.05) is 3.57 Å². The Kier molecular flexibility index (Phi) is 3.41. The highest BCUT2D eigenvalue weighted by molar-refractivity contribution is 14.1. The standard InChI is InChI=1S/C14H13I/c1-2-11-8-9-13(14(15)10-11)12-6-4-3-5-7-12/h3-10H,2H2,1H3. The molecule has 2 aromatic rings. The van der Waals surface area contributed by atoms with Gasteiger partial charge in [0.25, 0.3) is 0 Å². The lowest BCUT2D eigenvalue weighted by Crippen LogP contribution is -1.86. The molecular weight excluding hydrogens is 295 g/mol. The predicted molar refractivity (Wildman–Crippen MR) is 74.0 cm³/mol. The molecule has 0 aliphatic carbocycles. The fourth-order valence-electron chi connectivity index (χ4n) is 1.63. The van der Waals surface area contributed by atoms with Gasteiger partial charge in [-0.25, -0.2) is 0 Å². The van der Waals surface area contributed by atoms with Gasteiger partial charge in [-0.05, 0) is 51.8 Å². The molecule has 15 heavy (non-hydrogen) atoms. The molecule has 0 aliphatic rings. The van der Waals surface area contributed by atoms with Crippen LogP contribution in [-0.4, -0.2) is 0 Å². The number of hydrogen-bond acceptors (Lipinski definition) is 0. The largest absolute Gasteiger partial charge is 0.0622 e. The molecule has 0 aliphatic heterocycles. The van der Waals surface area contributed by atoms with Crippen LogP contribution in [0.4, 0.5) is 0 Å². The number of hydrogen-bond donors (Lipinski definition) is 0. The average molecular weight is 308 g/mol. The number of benzene rings is 2. The number of rotatable bonds is 2. The van der Waals surface area contributed by atoms with E-state index in [9.17, 15) is 0 Å². The monoisotopic (exact) mass is 308 g/mol. The van der Waals surface area contributed by atoms with Crippen LogP contribution >= 0.6 is 22.6 Å². The van der Waals surface area contributed by atoms with E-state index in [1.54, 1.807) is 0 Å². The van der Waals surface area contributed by atoms with E-state index in [4.69, 9.17) is 0 Å². The van der Waals surface area contributed by atoms with Crippen molar-refractivity contribution in [2.45, 2.75) is 13.3 Å². The lowest BCUT2D eigenvalue weighted by molar-refractivity contribution is 1.14. The molecule has 0 saturated heterocycles. The Hall–Kier alpha value is -0.830. The van der Waals surface area contributed by atoms with Crippen molar-refractivity contribution in [1.82, 2.24) is 0 Å². The molecule has 0 aromatic heterocycles. The molecule has 0 atom stereocenters. The molecule has 0 bridgehead atoms. The van der Waals surface area contributed by atoms with E-state index in [2.05, 4.69) is 78.0 Å². The van der Waals surface area contributed by atoms with E-state index in [0.717, 1.165) is 6.42 Å². The number of halogens is 1. The van der Waals surface area contributed by atoms with Crippen LogP contribution in [0.15, 0.2) is 48.5 Å². The number of aryl methyl sites for hydroxylation is 1. The van der Waals surface area contributed by atoms with Crippen LogP contribution in [0.1, 0.15) is 12.5 Å². The van der Waals surface area contributed by atoms with Crippen molar-refractivity contribution >= 4 is 22.6 Å². The molecule has 0 spiro atoms. The summed E-state index contributed by atoms with van der Waals surface area (Å²) in [6, 6.07) is 17.2. The van der Waals surface area contributed by atoms with Gasteiger partial charge in [0.05, 0.1) is 0 Å². The van der Waals surface area contributed by atoms with E-state index < -0.39 is 0 Å². The molecule has 76 valence electrons. The summed E-state index contributed by atoms with van der Waals surface area (Å²) in [7, 11) is 0. The first kappa shape index (κ1) is 10.7. The van der Waals surface area contributed by atoms with Gasteiger partial charge in [-0.15, -0.1) is 0 Å². The molecule has 0 radical (unpaired) electrons. The lowest BCUT2D eigenvalue weighted by atomic mass is 10.0. The highest BCUT2D eigenvalue weighted by Crippen LogP contribution is 2.25. The van der Waals surface area contributed by atoms with Gasteiger partial charge in [0.15, 0.2) is 0 Å². The molecule has 2 aromatic carbocycles. The highest BCUT2D eigenvalue weighted by atomic mass is 127. The summed E-state index contributed by atoms with van der Waals surface area (Å²) in [5.41, 5.74) is 4.03. The van der Waals surface area contributed by atoms with Crippen LogP contribution < -0.4 is 0 Å². The molecule has 0 fully saturated rings. The Morgan fingerprint density at radius 3 is 2.33 bits per heavy atom. The second-order valence-electron chi connectivity index (χ2n) is 3.53. The van der Waals surface area contributed by atoms with Gasteiger partial charge in [-0.3, -0.25) is 0 Å². The third-order valence-electron chi connectivity index (χ3n) is 2.53. The second-order valence-corrected chi connectivity index (χ2v) is 4.70. The molecule has 0 N–H and O–H groups in total. The Morgan fingerprint density at radius 2 is 1.73 bits per heavy atom. The molecule has 0 amide bonds.